The van der Waals surface area contributed by atoms with Gasteiger partial charge in [0.15, 0.2) is 0 Å². The quantitative estimate of drug-likeness (QED) is 0.781. The minimum absolute atomic E-state index is 0.222. The van der Waals surface area contributed by atoms with Gasteiger partial charge in [-0.25, -0.2) is 0 Å². The lowest BCUT2D eigenvalue weighted by Gasteiger charge is -1.93. The van der Waals surface area contributed by atoms with Gasteiger partial charge < -0.3 is 10.3 Å². The molecule has 2 aromatic rings. The van der Waals surface area contributed by atoms with Gasteiger partial charge in [0.25, 0.3) is 0 Å². The largest absolute Gasteiger partial charge is 0.337 e. The number of benzene rings is 1. The highest BCUT2D eigenvalue weighted by molar-refractivity contribution is 5.53. The van der Waals surface area contributed by atoms with Gasteiger partial charge >= 0.3 is 0 Å². The van der Waals surface area contributed by atoms with E-state index in [1.807, 2.05) is 37.3 Å². The molecule has 1 aromatic heterocycles. The van der Waals surface area contributed by atoms with Crippen molar-refractivity contribution in [1.29, 1.82) is 0 Å². The van der Waals surface area contributed by atoms with Gasteiger partial charge in [-0.1, -0.05) is 35.5 Å². The molecule has 1 unspecified atom stereocenters. The van der Waals surface area contributed by atoms with E-state index in [1.165, 1.54) is 0 Å². The summed E-state index contributed by atoms with van der Waals surface area (Å²) in [6, 6.07) is 9.43. The number of hydrogen-bond acceptors (Lipinski definition) is 4. The third kappa shape index (κ3) is 1.65. The van der Waals surface area contributed by atoms with E-state index in [0.29, 0.717) is 11.7 Å². The molecular formula is C10H11N3O. The average Bonchev–Trinajstić information content (AvgIpc) is 2.68. The van der Waals surface area contributed by atoms with Crippen LogP contribution in [0.15, 0.2) is 34.9 Å². The van der Waals surface area contributed by atoms with Crippen LogP contribution in [0, 0.1) is 0 Å². The van der Waals surface area contributed by atoms with Crippen LogP contribution in [0.1, 0.15) is 18.9 Å². The van der Waals surface area contributed by atoms with Crippen LogP contribution in [-0.4, -0.2) is 10.1 Å². The SMILES string of the molecule is CC(N)c1nc(-c2ccccc2)no1. The fourth-order valence-electron chi connectivity index (χ4n) is 1.12. The van der Waals surface area contributed by atoms with Crippen LogP contribution in [0.4, 0.5) is 0 Å². The Hall–Kier alpha value is -1.68. The Morgan fingerprint density at radius 3 is 2.57 bits per heavy atom. The maximum absolute atomic E-state index is 5.61. The van der Waals surface area contributed by atoms with Crippen molar-refractivity contribution >= 4 is 0 Å². The van der Waals surface area contributed by atoms with E-state index in [9.17, 15) is 0 Å². The molecule has 0 saturated carbocycles. The summed E-state index contributed by atoms with van der Waals surface area (Å²) in [5.74, 6) is 1.04. The molecule has 1 heterocycles. The molecule has 14 heavy (non-hydrogen) atoms. The predicted molar refractivity (Wildman–Crippen MR) is 52.3 cm³/mol. The van der Waals surface area contributed by atoms with E-state index in [1.54, 1.807) is 0 Å². The average molecular weight is 189 g/mol. The van der Waals surface area contributed by atoms with Crippen molar-refractivity contribution in [2.24, 2.45) is 5.73 Å². The Morgan fingerprint density at radius 1 is 1.29 bits per heavy atom. The molecule has 0 saturated heterocycles. The van der Waals surface area contributed by atoms with Crippen molar-refractivity contribution in [2.75, 3.05) is 0 Å². The summed E-state index contributed by atoms with van der Waals surface area (Å²) in [6.07, 6.45) is 0. The zero-order valence-electron chi connectivity index (χ0n) is 7.84. The fraction of sp³-hybridized carbons (Fsp3) is 0.200. The number of rotatable bonds is 2. The van der Waals surface area contributed by atoms with Crippen molar-refractivity contribution in [1.82, 2.24) is 10.1 Å². The van der Waals surface area contributed by atoms with E-state index in [-0.39, 0.29) is 6.04 Å². The van der Waals surface area contributed by atoms with E-state index >= 15 is 0 Å². The zero-order valence-corrected chi connectivity index (χ0v) is 7.84. The van der Waals surface area contributed by atoms with Crippen molar-refractivity contribution in [3.8, 4) is 11.4 Å². The van der Waals surface area contributed by atoms with E-state index in [0.717, 1.165) is 5.56 Å². The molecule has 2 N–H and O–H groups in total. The van der Waals surface area contributed by atoms with Gasteiger partial charge in [0.1, 0.15) is 0 Å². The number of nitrogens with two attached hydrogens (primary N) is 1. The molecule has 4 nitrogen and oxygen atoms in total. The Balaban J connectivity index is 2.34. The van der Waals surface area contributed by atoms with Gasteiger partial charge in [0, 0.05) is 5.56 Å². The Morgan fingerprint density at radius 2 is 2.00 bits per heavy atom. The molecule has 0 aliphatic heterocycles. The normalized spacial score (nSPS) is 12.7. The Kier molecular flexibility index (Phi) is 2.28. The summed E-state index contributed by atoms with van der Waals surface area (Å²) in [4.78, 5) is 4.18. The molecule has 1 aromatic carbocycles. The molecule has 0 aliphatic carbocycles. The third-order valence-electron chi connectivity index (χ3n) is 1.86. The topological polar surface area (TPSA) is 64.9 Å². The van der Waals surface area contributed by atoms with Crippen LogP contribution in [0.3, 0.4) is 0 Å². The van der Waals surface area contributed by atoms with Crippen LogP contribution in [-0.2, 0) is 0 Å². The third-order valence-corrected chi connectivity index (χ3v) is 1.86. The highest BCUT2D eigenvalue weighted by Gasteiger charge is 2.10. The molecule has 0 fully saturated rings. The van der Waals surface area contributed by atoms with Crippen LogP contribution < -0.4 is 5.73 Å². The molecule has 0 bridgehead atoms. The van der Waals surface area contributed by atoms with Gasteiger partial charge in [-0.05, 0) is 6.92 Å². The van der Waals surface area contributed by atoms with Gasteiger partial charge in [0.05, 0.1) is 6.04 Å². The van der Waals surface area contributed by atoms with Crippen LogP contribution >= 0.6 is 0 Å². The Bertz CT molecular complexity index is 408. The number of nitrogens with zero attached hydrogens (tertiary/aromatic N) is 2. The summed E-state index contributed by atoms with van der Waals surface area (Å²) in [7, 11) is 0. The van der Waals surface area contributed by atoms with Crippen LogP contribution in [0.5, 0.6) is 0 Å². The van der Waals surface area contributed by atoms with Gasteiger partial charge in [-0.15, -0.1) is 0 Å². The van der Waals surface area contributed by atoms with E-state index in [4.69, 9.17) is 10.3 Å². The second-order valence-electron chi connectivity index (χ2n) is 3.11. The van der Waals surface area contributed by atoms with Crippen molar-refractivity contribution in [3.63, 3.8) is 0 Å². The first-order valence-electron chi connectivity index (χ1n) is 4.42. The Labute approximate surface area is 81.7 Å². The maximum atomic E-state index is 5.61. The minimum atomic E-state index is -0.222. The molecule has 4 heteroatoms. The summed E-state index contributed by atoms with van der Waals surface area (Å²) in [6.45, 7) is 1.81. The molecule has 0 amide bonds. The molecule has 1 atom stereocenters. The standard InChI is InChI=1S/C10H11N3O/c1-7(11)10-12-9(13-14-10)8-5-3-2-4-6-8/h2-7H,11H2,1H3. The fourth-order valence-corrected chi connectivity index (χ4v) is 1.12. The number of aromatic nitrogens is 2. The highest BCUT2D eigenvalue weighted by Crippen LogP contribution is 2.16. The predicted octanol–water partition coefficient (Wildman–Crippen LogP) is 1.76. The molecular weight excluding hydrogens is 178 g/mol. The van der Waals surface area contributed by atoms with Gasteiger partial charge in [-0.2, -0.15) is 4.98 Å². The van der Waals surface area contributed by atoms with Crippen LogP contribution in [0.2, 0.25) is 0 Å². The van der Waals surface area contributed by atoms with Gasteiger partial charge in [0.2, 0.25) is 11.7 Å². The second-order valence-corrected chi connectivity index (χ2v) is 3.11. The molecule has 0 aliphatic rings. The lowest BCUT2D eigenvalue weighted by Crippen LogP contribution is -2.04. The molecule has 0 spiro atoms. The lowest BCUT2D eigenvalue weighted by molar-refractivity contribution is 0.362. The molecule has 0 radical (unpaired) electrons. The molecule has 2 rings (SSSR count). The lowest BCUT2D eigenvalue weighted by atomic mass is 10.2. The minimum Gasteiger partial charge on any atom is -0.337 e. The first-order chi connectivity index (χ1) is 6.77. The highest BCUT2D eigenvalue weighted by atomic mass is 16.5. The van der Waals surface area contributed by atoms with Crippen molar-refractivity contribution < 1.29 is 4.52 Å². The monoisotopic (exact) mass is 189 g/mol. The molecule has 72 valence electrons. The summed E-state index contributed by atoms with van der Waals surface area (Å²) in [5.41, 5.74) is 6.54. The van der Waals surface area contributed by atoms with E-state index in [2.05, 4.69) is 10.1 Å². The number of hydrogen-bond donors (Lipinski definition) is 1. The maximum Gasteiger partial charge on any atom is 0.243 e. The summed E-state index contributed by atoms with van der Waals surface area (Å²) >= 11 is 0. The second kappa shape index (κ2) is 3.59. The zero-order chi connectivity index (χ0) is 9.97. The first-order valence-corrected chi connectivity index (χ1v) is 4.42. The van der Waals surface area contributed by atoms with E-state index < -0.39 is 0 Å². The van der Waals surface area contributed by atoms with Crippen molar-refractivity contribution in [2.45, 2.75) is 13.0 Å². The van der Waals surface area contributed by atoms with Crippen molar-refractivity contribution in [3.05, 3.63) is 36.2 Å². The summed E-state index contributed by atoms with van der Waals surface area (Å²) < 4.78 is 4.99. The first kappa shape index (κ1) is 8.90. The summed E-state index contributed by atoms with van der Waals surface area (Å²) in [5, 5.41) is 3.84. The van der Waals surface area contributed by atoms with Gasteiger partial charge in [-0.3, -0.25) is 0 Å². The van der Waals surface area contributed by atoms with Crippen LogP contribution in [0.25, 0.3) is 11.4 Å². The smallest absolute Gasteiger partial charge is 0.243 e.